The van der Waals surface area contributed by atoms with E-state index in [-0.39, 0.29) is 51.6 Å². The monoisotopic (exact) mass is 795 g/mol. The average molecular weight is 796 g/mol. The lowest BCUT2D eigenvalue weighted by atomic mass is 9.62. The second-order valence-corrected chi connectivity index (χ2v) is 15.8. The van der Waals surface area contributed by atoms with E-state index in [1.807, 2.05) is 60.7 Å². The summed E-state index contributed by atoms with van der Waals surface area (Å²) < 4.78 is 30.4. The summed E-state index contributed by atoms with van der Waals surface area (Å²) in [5, 5.41) is 16.0. The SMILES string of the molecule is CC1(C)COC(=O)C1OC(=O)C=Cc1ccc(CN2OC3C4OC(c5ccccc5)(c5ccccc5)OC4C4CC3(C(=O)NCCC(=O)NCCO)C2C(=O)O4)cc1. The second kappa shape index (κ2) is 15.7. The number of aliphatic hydroxyl groups is 1. The van der Waals surface area contributed by atoms with Crippen molar-refractivity contribution in [2.24, 2.45) is 10.8 Å². The summed E-state index contributed by atoms with van der Waals surface area (Å²) in [5.74, 6) is -4.16. The van der Waals surface area contributed by atoms with Crippen molar-refractivity contribution >= 4 is 35.8 Å². The molecule has 8 rings (SSSR count). The molecule has 2 amide bonds. The van der Waals surface area contributed by atoms with Gasteiger partial charge in [-0.2, -0.15) is 5.06 Å². The molecule has 2 bridgehead atoms. The van der Waals surface area contributed by atoms with E-state index >= 15 is 0 Å². The summed E-state index contributed by atoms with van der Waals surface area (Å²) in [6.07, 6.45) is -1.70. The van der Waals surface area contributed by atoms with E-state index in [9.17, 15) is 24.0 Å². The molecule has 7 unspecified atom stereocenters. The van der Waals surface area contributed by atoms with Gasteiger partial charge >= 0.3 is 17.9 Å². The van der Waals surface area contributed by atoms with Crippen molar-refractivity contribution in [2.45, 2.75) is 75.6 Å². The van der Waals surface area contributed by atoms with Crippen LogP contribution < -0.4 is 10.6 Å². The largest absolute Gasteiger partial charge is 0.462 e. The smallest absolute Gasteiger partial charge is 0.348 e. The summed E-state index contributed by atoms with van der Waals surface area (Å²) in [4.78, 5) is 72.4. The maximum Gasteiger partial charge on any atom is 0.348 e. The zero-order valence-corrected chi connectivity index (χ0v) is 32.0. The third-order valence-corrected chi connectivity index (χ3v) is 11.4. The predicted molar refractivity (Wildman–Crippen MR) is 202 cm³/mol. The van der Waals surface area contributed by atoms with Crippen LogP contribution in [-0.4, -0.2) is 103 Å². The minimum atomic E-state index is -1.49. The van der Waals surface area contributed by atoms with E-state index in [4.69, 9.17) is 33.6 Å². The Labute approximate surface area is 334 Å². The molecule has 1 aliphatic carbocycles. The van der Waals surface area contributed by atoms with E-state index in [2.05, 4.69) is 10.6 Å². The Morgan fingerprint density at radius 1 is 0.879 bits per heavy atom. The summed E-state index contributed by atoms with van der Waals surface area (Å²) in [6, 6.07) is 24.8. The second-order valence-electron chi connectivity index (χ2n) is 15.8. The first kappa shape index (κ1) is 39.4. The van der Waals surface area contributed by atoms with Crippen LogP contribution in [0.4, 0.5) is 0 Å². The zero-order chi connectivity index (χ0) is 40.7. The Morgan fingerprint density at radius 2 is 1.55 bits per heavy atom. The fourth-order valence-corrected chi connectivity index (χ4v) is 8.60. The molecule has 1 saturated carbocycles. The number of benzene rings is 3. The molecular formula is C43H45N3O12. The molecule has 15 heteroatoms. The Kier molecular flexibility index (Phi) is 10.7. The van der Waals surface area contributed by atoms with Gasteiger partial charge in [-0.1, -0.05) is 98.8 Å². The van der Waals surface area contributed by atoms with Gasteiger partial charge in [0.05, 0.1) is 13.2 Å². The van der Waals surface area contributed by atoms with Crippen LogP contribution in [0, 0.1) is 10.8 Å². The number of ether oxygens (including phenoxy) is 5. The fraction of sp³-hybridized carbons (Fsp3) is 0.419. The number of aliphatic hydroxyl groups excluding tert-OH is 1. The maximum atomic E-state index is 14.6. The van der Waals surface area contributed by atoms with Gasteiger partial charge in [0.15, 0.2) is 6.04 Å². The minimum Gasteiger partial charge on any atom is -0.462 e. The van der Waals surface area contributed by atoms with Crippen molar-refractivity contribution in [3.63, 3.8) is 0 Å². The minimum absolute atomic E-state index is 0.0224. The van der Waals surface area contributed by atoms with E-state index in [0.29, 0.717) is 16.7 Å². The highest BCUT2D eigenvalue weighted by molar-refractivity contribution is 5.94. The maximum absolute atomic E-state index is 14.6. The van der Waals surface area contributed by atoms with Crippen LogP contribution >= 0.6 is 0 Å². The van der Waals surface area contributed by atoms with Gasteiger partial charge in [0.25, 0.3) is 0 Å². The van der Waals surface area contributed by atoms with E-state index < -0.39 is 77.0 Å². The molecule has 0 radical (unpaired) electrons. The van der Waals surface area contributed by atoms with Crippen LogP contribution in [0.5, 0.6) is 0 Å². The number of hydroxylamine groups is 2. The molecule has 304 valence electrons. The van der Waals surface area contributed by atoms with Gasteiger partial charge in [0.2, 0.25) is 23.7 Å². The van der Waals surface area contributed by atoms with Crippen molar-refractivity contribution in [1.29, 1.82) is 0 Å². The Morgan fingerprint density at radius 3 is 2.19 bits per heavy atom. The standard InChI is InChI=1S/C43H45N3O12/c1-41(2)25-53-39(51)37(41)55-32(49)18-17-26-13-15-27(16-14-26)24-46-35-38(50)54-30-23-42(35,40(52)45-20-19-31(48)44-21-22-47)36(58-46)34-33(30)56-43(57-34,28-9-5-3-6-10-28)29-11-7-4-8-12-29/h3-18,30,33-37,47H,19-25H2,1-2H3,(H,44,48)(H,45,52). The molecule has 3 aromatic rings. The number of carbonyl (C=O) groups is 5. The number of nitrogens with one attached hydrogen (secondary N) is 2. The molecule has 3 aromatic carbocycles. The first-order valence-corrected chi connectivity index (χ1v) is 19.4. The van der Waals surface area contributed by atoms with Crippen LogP contribution in [0.1, 0.15) is 48.9 Å². The summed E-state index contributed by atoms with van der Waals surface area (Å²) in [5.41, 5.74) is 0.692. The molecule has 4 aliphatic heterocycles. The average Bonchev–Trinajstić information content (AvgIpc) is 3.88. The number of amides is 2. The quantitative estimate of drug-likeness (QED) is 0.130. The van der Waals surface area contributed by atoms with Crippen LogP contribution in [0.25, 0.3) is 6.08 Å². The summed E-state index contributed by atoms with van der Waals surface area (Å²) in [7, 11) is 0. The predicted octanol–water partition coefficient (Wildman–Crippen LogP) is 2.29. The molecule has 15 nitrogen and oxygen atoms in total. The first-order chi connectivity index (χ1) is 27.9. The number of rotatable bonds is 13. The van der Waals surface area contributed by atoms with Gasteiger partial charge in [-0.25, -0.2) is 9.59 Å². The lowest BCUT2D eigenvalue weighted by molar-refractivity contribution is -0.213. The number of fused-ring (bicyclic) bond motifs is 4. The Bertz CT molecular complexity index is 2040. The molecule has 5 fully saturated rings. The number of nitrogens with zero attached hydrogens (tertiary/aromatic N) is 1. The van der Waals surface area contributed by atoms with E-state index in [0.717, 1.165) is 5.56 Å². The molecule has 4 saturated heterocycles. The number of esters is 3. The van der Waals surface area contributed by atoms with Gasteiger partial charge in [-0.15, -0.1) is 0 Å². The lowest BCUT2D eigenvalue weighted by Gasteiger charge is -2.48. The van der Waals surface area contributed by atoms with Crippen molar-refractivity contribution in [2.75, 3.05) is 26.3 Å². The lowest BCUT2D eigenvalue weighted by Crippen LogP contribution is -2.69. The van der Waals surface area contributed by atoms with Crippen molar-refractivity contribution in [1.82, 2.24) is 15.7 Å². The van der Waals surface area contributed by atoms with Gasteiger partial charge in [-0.3, -0.25) is 19.2 Å². The Balaban J connectivity index is 1.07. The van der Waals surface area contributed by atoms with Crippen LogP contribution in [0.3, 0.4) is 0 Å². The van der Waals surface area contributed by atoms with Gasteiger partial charge in [-0.05, 0) is 17.2 Å². The molecule has 7 atom stereocenters. The van der Waals surface area contributed by atoms with Crippen LogP contribution in [-0.2, 0) is 64.8 Å². The molecule has 4 heterocycles. The highest BCUT2D eigenvalue weighted by Gasteiger charge is 2.76. The van der Waals surface area contributed by atoms with Crippen molar-refractivity contribution in [3.05, 3.63) is 113 Å². The van der Waals surface area contributed by atoms with Gasteiger partial charge in [0.1, 0.15) is 36.4 Å². The number of hydrogen-bond donors (Lipinski definition) is 3. The number of cyclic esters (lactones) is 1. The molecule has 5 aliphatic rings. The van der Waals surface area contributed by atoms with Crippen LogP contribution in [0.15, 0.2) is 91.0 Å². The van der Waals surface area contributed by atoms with Crippen LogP contribution in [0.2, 0.25) is 0 Å². The highest BCUT2D eigenvalue weighted by atomic mass is 16.8. The van der Waals surface area contributed by atoms with E-state index in [1.54, 1.807) is 44.2 Å². The topological polar surface area (TPSA) is 188 Å². The normalized spacial score (nSPS) is 29.0. The van der Waals surface area contributed by atoms with Gasteiger partial charge in [0, 0.05) is 48.5 Å². The molecule has 0 spiro atoms. The number of hydrogen-bond acceptors (Lipinski definition) is 13. The highest BCUT2D eigenvalue weighted by Crippen LogP contribution is 2.59. The first-order valence-electron chi connectivity index (χ1n) is 19.4. The third kappa shape index (κ3) is 7.06. The zero-order valence-electron chi connectivity index (χ0n) is 32.0. The van der Waals surface area contributed by atoms with Gasteiger partial charge < -0.3 is 39.4 Å². The molecular weight excluding hydrogens is 750 g/mol. The fourth-order valence-electron chi connectivity index (χ4n) is 8.60. The Hall–Kier alpha value is -5.45. The number of carbonyl (C=O) groups excluding carboxylic acids is 5. The molecule has 0 aromatic heterocycles. The summed E-state index contributed by atoms with van der Waals surface area (Å²) in [6.45, 7) is 3.66. The summed E-state index contributed by atoms with van der Waals surface area (Å²) >= 11 is 0. The molecule has 58 heavy (non-hydrogen) atoms. The third-order valence-electron chi connectivity index (χ3n) is 11.4. The van der Waals surface area contributed by atoms with Crippen molar-refractivity contribution in [3.8, 4) is 0 Å². The van der Waals surface area contributed by atoms with E-state index in [1.165, 1.54) is 11.1 Å². The molecule has 3 N–H and O–H groups in total. The van der Waals surface area contributed by atoms with Crippen molar-refractivity contribution < 1.29 is 57.6 Å².